The fourth-order valence-corrected chi connectivity index (χ4v) is 2.97. The van der Waals surface area contributed by atoms with E-state index in [4.69, 9.17) is 5.14 Å². The molecule has 0 aromatic heterocycles. The zero-order chi connectivity index (χ0) is 15.6. The van der Waals surface area contributed by atoms with Gasteiger partial charge in [0, 0.05) is 25.1 Å². The van der Waals surface area contributed by atoms with Crippen molar-refractivity contribution in [2.75, 3.05) is 18.0 Å². The molecule has 0 aliphatic carbocycles. The summed E-state index contributed by atoms with van der Waals surface area (Å²) in [5.74, 6) is -0.170. The van der Waals surface area contributed by atoms with Crippen LogP contribution in [0.1, 0.15) is 12.8 Å². The lowest BCUT2D eigenvalue weighted by Crippen LogP contribution is -2.36. The number of hydrogen-bond acceptors (Lipinski definition) is 6. The molecule has 1 aliphatic rings. The van der Waals surface area contributed by atoms with Crippen molar-refractivity contribution in [1.29, 1.82) is 0 Å². The van der Waals surface area contributed by atoms with Crippen LogP contribution in [0.2, 0.25) is 0 Å². The Labute approximate surface area is 121 Å². The molecular weight excluding hydrogens is 298 g/mol. The minimum atomic E-state index is -4.00. The van der Waals surface area contributed by atoms with Crippen molar-refractivity contribution < 1.29 is 18.1 Å². The normalized spacial score (nSPS) is 19.3. The van der Waals surface area contributed by atoms with Crippen molar-refractivity contribution in [3.63, 3.8) is 0 Å². The summed E-state index contributed by atoms with van der Waals surface area (Å²) in [6, 6.07) is 3.56. The van der Waals surface area contributed by atoms with Crippen LogP contribution < -0.4 is 10.0 Å². The molecule has 114 valence electrons. The van der Waals surface area contributed by atoms with Crippen LogP contribution in [0.25, 0.3) is 0 Å². The van der Waals surface area contributed by atoms with Gasteiger partial charge in [-0.15, -0.1) is 0 Å². The SMILES string of the molecule is NS(=O)(=O)c1ccc(N2CCCC(C=O)C2)c([N+](=O)[O-])c1. The number of rotatable bonds is 4. The van der Waals surface area contributed by atoms with E-state index in [9.17, 15) is 23.3 Å². The van der Waals surface area contributed by atoms with E-state index in [0.29, 0.717) is 18.8 Å². The predicted molar refractivity (Wildman–Crippen MR) is 75.5 cm³/mol. The molecule has 0 radical (unpaired) electrons. The van der Waals surface area contributed by atoms with Gasteiger partial charge in [0.05, 0.1) is 9.82 Å². The van der Waals surface area contributed by atoms with Gasteiger partial charge in [0.2, 0.25) is 10.0 Å². The Hall–Kier alpha value is -2.00. The van der Waals surface area contributed by atoms with Crippen LogP contribution in [0.5, 0.6) is 0 Å². The standard InChI is InChI=1S/C12H15N3O5S/c13-21(19,20)10-3-4-11(12(6-10)15(17)18)14-5-1-2-9(7-14)8-16/h3-4,6,8-9H,1-2,5,7H2,(H2,13,19,20). The van der Waals surface area contributed by atoms with Gasteiger partial charge in [0.1, 0.15) is 12.0 Å². The maximum Gasteiger partial charge on any atom is 0.293 e. The Balaban J connectivity index is 2.44. The van der Waals surface area contributed by atoms with Gasteiger partial charge in [-0.2, -0.15) is 0 Å². The topological polar surface area (TPSA) is 124 Å². The van der Waals surface area contributed by atoms with Crippen molar-refractivity contribution in [1.82, 2.24) is 0 Å². The van der Waals surface area contributed by atoms with Crippen LogP contribution in [0, 0.1) is 16.0 Å². The van der Waals surface area contributed by atoms with Crippen LogP contribution in [0.4, 0.5) is 11.4 Å². The maximum absolute atomic E-state index is 11.3. The number of anilines is 1. The summed E-state index contributed by atoms with van der Waals surface area (Å²) >= 11 is 0. The van der Waals surface area contributed by atoms with Crippen molar-refractivity contribution in [2.24, 2.45) is 11.1 Å². The largest absolute Gasteiger partial charge is 0.365 e. The fourth-order valence-electron chi connectivity index (χ4n) is 2.43. The van der Waals surface area contributed by atoms with Crippen LogP contribution in [0.15, 0.2) is 23.1 Å². The molecule has 1 aliphatic heterocycles. The number of nitrogens with zero attached hydrogens (tertiary/aromatic N) is 2. The van der Waals surface area contributed by atoms with Gasteiger partial charge in [-0.25, -0.2) is 13.6 Å². The van der Waals surface area contributed by atoms with Crippen LogP contribution in [-0.2, 0) is 14.8 Å². The van der Waals surface area contributed by atoms with Gasteiger partial charge < -0.3 is 9.69 Å². The number of aldehydes is 1. The summed E-state index contributed by atoms with van der Waals surface area (Å²) in [6.07, 6.45) is 2.34. The Kier molecular flexibility index (Phi) is 4.24. The first-order valence-electron chi connectivity index (χ1n) is 6.34. The summed E-state index contributed by atoms with van der Waals surface area (Å²) in [7, 11) is -4.00. The molecule has 8 nitrogen and oxygen atoms in total. The highest BCUT2D eigenvalue weighted by Crippen LogP contribution is 2.33. The van der Waals surface area contributed by atoms with Gasteiger partial charge in [0.25, 0.3) is 5.69 Å². The number of benzene rings is 1. The average Bonchev–Trinajstić information content (AvgIpc) is 2.45. The zero-order valence-corrected chi connectivity index (χ0v) is 12.0. The summed E-state index contributed by atoms with van der Waals surface area (Å²) in [5.41, 5.74) is -0.0213. The molecule has 1 aromatic rings. The second-order valence-corrected chi connectivity index (χ2v) is 6.50. The lowest BCUT2D eigenvalue weighted by Gasteiger charge is -2.31. The highest BCUT2D eigenvalue weighted by atomic mass is 32.2. The van der Waals surface area contributed by atoms with E-state index >= 15 is 0 Å². The van der Waals surface area contributed by atoms with Crippen molar-refractivity contribution in [2.45, 2.75) is 17.7 Å². The molecule has 0 spiro atoms. The number of nitro groups is 1. The first-order valence-corrected chi connectivity index (χ1v) is 7.89. The number of primary sulfonamides is 1. The third-order valence-electron chi connectivity index (χ3n) is 3.46. The lowest BCUT2D eigenvalue weighted by atomic mass is 9.99. The third kappa shape index (κ3) is 3.37. The molecule has 21 heavy (non-hydrogen) atoms. The van der Waals surface area contributed by atoms with Gasteiger partial charge in [-0.3, -0.25) is 10.1 Å². The Morgan fingerprint density at radius 1 is 1.43 bits per heavy atom. The summed E-state index contributed by atoms with van der Waals surface area (Å²) in [5, 5.41) is 16.2. The Bertz CT molecular complexity index is 673. The number of nitrogens with two attached hydrogens (primary N) is 1. The smallest absolute Gasteiger partial charge is 0.293 e. The molecule has 2 N–H and O–H groups in total. The van der Waals surface area contributed by atoms with E-state index in [-0.39, 0.29) is 16.5 Å². The minimum absolute atomic E-state index is 0.170. The number of carbonyl (C=O) groups is 1. The molecule has 0 bridgehead atoms. The van der Waals surface area contributed by atoms with E-state index in [1.807, 2.05) is 0 Å². The van der Waals surface area contributed by atoms with Crippen LogP contribution in [0.3, 0.4) is 0 Å². The van der Waals surface area contributed by atoms with E-state index in [0.717, 1.165) is 25.2 Å². The summed E-state index contributed by atoms with van der Waals surface area (Å²) < 4.78 is 22.6. The Morgan fingerprint density at radius 3 is 2.71 bits per heavy atom. The highest BCUT2D eigenvalue weighted by molar-refractivity contribution is 7.89. The fraction of sp³-hybridized carbons (Fsp3) is 0.417. The molecule has 1 aromatic carbocycles. The van der Waals surface area contributed by atoms with Gasteiger partial charge in [-0.1, -0.05) is 0 Å². The Morgan fingerprint density at radius 2 is 2.14 bits per heavy atom. The lowest BCUT2D eigenvalue weighted by molar-refractivity contribution is -0.384. The number of nitro benzene ring substituents is 1. The molecule has 0 amide bonds. The third-order valence-corrected chi connectivity index (χ3v) is 4.37. The molecule has 1 saturated heterocycles. The average molecular weight is 313 g/mol. The number of sulfonamides is 1. The number of carbonyl (C=O) groups excluding carboxylic acids is 1. The maximum atomic E-state index is 11.3. The molecule has 1 atom stereocenters. The van der Waals surface area contributed by atoms with E-state index in [1.165, 1.54) is 12.1 Å². The number of hydrogen-bond donors (Lipinski definition) is 1. The summed E-state index contributed by atoms with van der Waals surface area (Å²) in [6.45, 7) is 0.971. The molecule has 1 heterocycles. The van der Waals surface area contributed by atoms with Gasteiger partial charge in [0.15, 0.2) is 0 Å². The van der Waals surface area contributed by atoms with Crippen molar-refractivity contribution in [3.05, 3.63) is 28.3 Å². The summed E-state index contributed by atoms with van der Waals surface area (Å²) in [4.78, 5) is 22.8. The van der Waals surface area contributed by atoms with Crippen LogP contribution >= 0.6 is 0 Å². The second-order valence-electron chi connectivity index (χ2n) is 4.94. The van der Waals surface area contributed by atoms with Crippen LogP contribution in [-0.4, -0.2) is 32.7 Å². The number of piperidine rings is 1. The van der Waals surface area contributed by atoms with Crippen molar-refractivity contribution in [3.8, 4) is 0 Å². The molecule has 0 saturated carbocycles. The van der Waals surface area contributed by atoms with E-state index < -0.39 is 14.9 Å². The quantitative estimate of drug-likeness (QED) is 0.494. The highest BCUT2D eigenvalue weighted by Gasteiger charge is 2.26. The second kappa shape index (κ2) is 5.78. The molecule has 9 heteroatoms. The predicted octanol–water partition coefficient (Wildman–Crippen LogP) is 0.657. The molecule has 1 unspecified atom stereocenters. The van der Waals surface area contributed by atoms with Gasteiger partial charge in [-0.05, 0) is 25.0 Å². The van der Waals surface area contributed by atoms with E-state index in [1.54, 1.807) is 4.90 Å². The zero-order valence-electron chi connectivity index (χ0n) is 11.1. The monoisotopic (exact) mass is 313 g/mol. The first-order chi connectivity index (χ1) is 9.82. The van der Waals surface area contributed by atoms with Gasteiger partial charge >= 0.3 is 0 Å². The first kappa shape index (κ1) is 15.4. The molecule has 1 fully saturated rings. The van der Waals surface area contributed by atoms with E-state index in [2.05, 4.69) is 0 Å². The minimum Gasteiger partial charge on any atom is -0.365 e. The van der Waals surface area contributed by atoms with Crippen molar-refractivity contribution >= 4 is 27.7 Å². The molecule has 2 rings (SSSR count). The molecular formula is C12H15N3O5S.